The molecule has 150 valence electrons. The molecule has 2 rings (SSSR count). The summed E-state index contributed by atoms with van der Waals surface area (Å²) in [6.07, 6.45) is 3.12. The quantitative estimate of drug-likeness (QED) is 0.463. The van der Waals surface area contributed by atoms with Gasteiger partial charge in [-0.25, -0.2) is 0 Å². The van der Waals surface area contributed by atoms with Gasteiger partial charge in [-0.05, 0) is 37.5 Å². The molecule has 0 saturated heterocycles. The van der Waals surface area contributed by atoms with Crippen molar-refractivity contribution in [3.8, 4) is 11.5 Å². The van der Waals surface area contributed by atoms with Crippen molar-refractivity contribution in [2.75, 3.05) is 27.4 Å². The van der Waals surface area contributed by atoms with Crippen molar-refractivity contribution in [2.24, 2.45) is 0 Å². The van der Waals surface area contributed by atoms with Crippen LogP contribution in [0.15, 0.2) is 55.1 Å². The zero-order chi connectivity index (χ0) is 20.4. The second-order valence-electron chi connectivity index (χ2n) is 6.40. The minimum atomic E-state index is -0.151. The summed E-state index contributed by atoms with van der Waals surface area (Å²) in [4.78, 5) is 12.5. The Hall–Kier alpha value is -2.79. The number of carbonyl (C=O) groups is 1. The van der Waals surface area contributed by atoms with Crippen LogP contribution in [0, 0.1) is 0 Å². The summed E-state index contributed by atoms with van der Waals surface area (Å²) in [5.74, 6) is 1.01. The van der Waals surface area contributed by atoms with E-state index in [1.165, 1.54) is 0 Å². The van der Waals surface area contributed by atoms with Gasteiger partial charge in [0.05, 0.1) is 20.3 Å². The molecule has 0 aromatic heterocycles. The predicted octanol–water partition coefficient (Wildman–Crippen LogP) is 4.33. The van der Waals surface area contributed by atoms with E-state index in [1.807, 2.05) is 43.3 Å². The van der Waals surface area contributed by atoms with Crippen molar-refractivity contribution < 1.29 is 19.0 Å². The molecule has 0 spiro atoms. The van der Waals surface area contributed by atoms with Crippen molar-refractivity contribution in [1.82, 2.24) is 5.32 Å². The normalized spacial score (nSPS) is 11.5. The van der Waals surface area contributed by atoms with E-state index in [2.05, 4.69) is 11.9 Å². The number of ether oxygens (including phenoxy) is 3. The highest BCUT2D eigenvalue weighted by atomic mass is 16.5. The molecule has 1 N–H and O–H groups in total. The van der Waals surface area contributed by atoms with Crippen LogP contribution in [0.25, 0.3) is 0 Å². The van der Waals surface area contributed by atoms with Gasteiger partial charge in [0, 0.05) is 24.3 Å². The number of benzene rings is 2. The second-order valence-corrected chi connectivity index (χ2v) is 6.40. The van der Waals surface area contributed by atoms with Crippen LogP contribution in [0.5, 0.6) is 11.5 Å². The maximum atomic E-state index is 12.5. The fourth-order valence-electron chi connectivity index (χ4n) is 2.94. The molecule has 0 aliphatic carbocycles. The number of rotatable bonds is 11. The first-order valence-electron chi connectivity index (χ1n) is 9.41. The van der Waals surface area contributed by atoms with Crippen molar-refractivity contribution in [2.45, 2.75) is 25.9 Å². The molecule has 1 amide bonds. The minimum absolute atomic E-state index is 0.0317. The molecule has 1 unspecified atom stereocenters. The molecule has 2 aromatic carbocycles. The van der Waals surface area contributed by atoms with Gasteiger partial charge in [-0.2, -0.15) is 0 Å². The molecule has 28 heavy (non-hydrogen) atoms. The summed E-state index contributed by atoms with van der Waals surface area (Å²) >= 11 is 0. The van der Waals surface area contributed by atoms with Crippen molar-refractivity contribution >= 4 is 5.91 Å². The fraction of sp³-hybridized carbons (Fsp3) is 0.348. The molecule has 2 aromatic rings. The van der Waals surface area contributed by atoms with E-state index in [-0.39, 0.29) is 12.0 Å². The van der Waals surface area contributed by atoms with E-state index in [4.69, 9.17) is 14.2 Å². The van der Waals surface area contributed by atoms with Crippen molar-refractivity contribution in [3.63, 3.8) is 0 Å². The van der Waals surface area contributed by atoms with Crippen LogP contribution in [0.2, 0.25) is 0 Å². The highest BCUT2D eigenvalue weighted by Gasteiger charge is 2.15. The first-order valence-corrected chi connectivity index (χ1v) is 9.41. The molecule has 5 heteroatoms. The predicted molar refractivity (Wildman–Crippen MR) is 111 cm³/mol. The van der Waals surface area contributed by atoms with E-state index in [0.29, 0.717) is 36.6 Å². The van der Waals surface area contributed by atoms with Gasteiger partial charge in [-0.1, -0.05) is 36.4 Å². The average molecular weight is 383 g/mol. The molecule has 5 nitrogen and oxygen atoms in total. The van der Waals surface area contributed by atoms with Crippen LogP contribution in [0.1, 0.15) is 40.9 Å². The van der Waals surface area contributed by atoms with E-state index < -0.39 is 0 Å². The third kappa shape index (κ3) is 5.86. The SMILES string of the molecule is C=CCc1cc(C(=O)NCCCOC(C)c2ccccc2)cc(OC)c1OC. The lowest BCUT2D eigenvalue weighted by molar-refractivity contribution is 0.0635. The van der Waals surface area contributed by atoms with Crippen LogP contribution in [0.4, 0.5) is 0 Å². The van der Waals surface area contributed by atoms with Gasteiger partial charge in [0.25, 0.3) is 5.91 Å². The minimum Gasteiger partial charge on any atom is -0.493 e. The van der Waals surface area contributed by atoms with Gasteiger partial charge in [0.15, 0.2) is 11.5 Å². The lowest BCUT2D eigenvalue weighted by atomic mass is 10.0. The zero-order valence-electron chi connectivity index (χ0n) is 16.9. The summed E-state index contributed by atoms with van der Waals surface area (Å²) in [5.41, 5.74) is 2.54. The number of methoxy groups -OCH3 is 2. The third-order valence-electron chi connectivity index (χ3n) is 4.43. The Labute approximate surface area is 167 Å². The van der Waals surface area contributed by atoms with E-state index in [0.717, 1.165) is 17.5 Å². The van der Waals surface area contributed by atoms with Gasteiger partial charge >= 0.3 is 0 Å². The van der Waals surface area contributed by atoms with Crippen LogP contribution < -0.4 is 14.8 Å². The second kappa shape index (κ2) is 11.1. The number of allylic oxidation sites excluding steroid dienone is 1. The zero-order valence-corrected chi connectivity index (χ0v) is 16.9. The summed E-state index contributed by atoms with van der Waals surface area (Å²) < 4.78 is 16.6. The van der Waals surface area contributed by atoms with Gasteiger partial charge in [-0.3, -0.25) is 4.79 Å². The fourth-order valence-corrected chi connectivity index (χ4v) is 2.94. The molecule has 0 aliphatic rings. The van der Waals surface area contributed by atoms with Gasteiger partial charge in [0.2, 0.25) is 0 Å². The van der Waals surface area contributed by atoms with Crippen LogP contribution in [0.3, 0.4) is 0 Å². The lowest BCUT2D eigenvalue weighted by Crippen LogP contribution is -2.25. The number of hydrogen-bond donors (Lipinski definition) is 1. The maximum Gasteiger partial charge on any atom is 0.251 e. The van der Waals surface area contributed by atoms with Crippen molar-refractivity contribution in [3.05, 3.63) is 71.8 Å². The smallest absolute Gasteiger partial charge is 0.251 e. The van der Waals surface area contributed by atoms with E-state index >= 15 is 0 Å². The largest absolute Gasteiger partial charge is 0.493 e. The molecule has 0 radical (unpaired) electrons. The highest BCUT2D eigenvalue weighted by Crippen LogP contribution is 2.33. The summed E-state index contributed by atoms with van der Waals surface area (Å²) in [5, 5.41) is 2.93. The Morgan fingerprint density at radius 3 is 2.57 bits per heavy atom. The standard InChI is InChI=1S/C23H29NO4/c1-5-10-19-15-20(16-21(26-3)22(19)27-4)23(25)24-13-9-14-28-17(2)18-11-7-6-8-12-18/h5-8,11-12,15-17H,1,9-10,13-14H2,2-4H3,(H,24,25). The van der Waals surface area contributed by atoms with Crippen LogP contribution in [-0.2, 0) is 11.2 Å². The Bertz CT molecular complexity index is 774. The first-order chi connectivity index (χ1) is 13.6. The number of nitrogens with one attached hydrogen (secondary N) is 1. The number of hydrogen-bond acceptors (Lipinski definition) is 4. The number of carbonyl (C=O) groups excluding carboxylic acids is 1. The van der Waals surface area contributed by atoms with Crippen LogP contribution >= 0.6 is 0 Å². The third-order valence-corrected chi connectivity index (χ3v) is 4.43. The monoisotopic (exact) mass is 383 g/mol. The molecular weight excluding hydrogens is 354 g/mol. The molecule has 0 bridgehead atoms. The molecule has 0 heterocycles. The van der Waals surface area contributed by atoms with Crippen LogP contribution in [-0.4, -0.2) is 33.3 Å². The highest BCUT2D eigenvalue weighted by molar-refractivity contribution is 5.95. The lowest BCUT2D eigenvalue weighted by Gasteiger charge is -2.15. The Balaban J connectivity index is 1.87. The maximum absolute atomic E-state index is 12.5. The van der Waals surface area contributed by atoms with Gasteiger partial charge in [-0.15, -0.1) is 6.58 Å². The summed E-state index contributed by atoms with van der Waals surface area (Å²) in [6, 6.07) is 13.6. The molecule has 1 atom stereocenters. The topological polar surface area (TPSA) is 56.8 Å². The molecular formula is C23H29NO4. The summed E-state index contributed by atoms with van der Waals surface area (Å²) in [6.45, 7) is 6.89. The number of amides is 1. The van der Waals surface area contributed by atoms with Gasteiger partial charge in [0.1, 0.15) is 0 Å². The Kier molecular flexibility index (Phi) is 8.56. The summed E-state index contributed by atoms with van der Waals surface area (Å²) in [7, 11) is 3.14. The molecule has 0 aliphatic heterocycles. The first kappa shape index (κ1) is 21.5. The van der Waals surface area contributed by atoms with Gasteiger partial charge < -0.3 is 19.5 Å². The Morgan fingerprint density at radius 2 is 1.93 bits per heavy atom. The van der Waals surface area contributed by atoms with E-state index in [9.17, 15) is 4.79 Å². The molecule has 0 saturated carbocycles. The Morgan fingerprint density at radius 1 is 1.18 bits per heavy atom. The van der Waals surface area contributed by atoms with E-state index in [1.54, 1.807) is 26.4 Å². The van der Waals surface area contributed by atoms with Crippen molar-refractivity contribution in [1.29, 1.82) is 0 Å². The average Bonchev–Trinajstić information content (AvgIpc) is 2.73. The molecule has 0 fully saturated rings.